The molecule has 2 aromatic carbocycles. The van der Waals surface area contributed by atoms with Crippen molar-refractivity contribution in [1.29, 1.82) is 0 Å². The van der Waals surface area contributed by atoms with Crippen LogP contribution in [-0.2, 0) is 0 Å². The summed E-state index contributed by atoms with van der Waals surface area (Å²) >= 11 is 0. The van der Waals surface area contributed by atoms with Gasteiger partial charge in [-0.3, -0.25) is 0 Å². The Morgan fingerprint density at radius 3 is 2.29 bits per heavy atom. The van der Waals surface area contributed by atoms with E-state index in [1.54, 1.807) is 24.3 Å². The fraction of sp³-hybridized carbons (Fsp3) is 0.0625. The van der Waals surface area contributed by atoms with Gasteiger partial charge in [0.05, 0.1) is 12.7 Å². The lowest BCUT2D eigenvalue weighted by atomic mass is 10.1. The highest BCUT2D eigenvalue weighted by molar-refractivity contribution is 5.88. The summed E-state index contributed by atoms with van der Waals surface area (Å²) < 4.78 is 10.7. The number of aromatic nitrogens is 2. The molecule has 0 aliphatic carbocycles. The Kier molecular flexibility index (Phi) is 4.02. The molecule has 0 atom stereocenters. The lowest BCUT2D eigenvalue weighted by molar-refractivity contribution is 0.0697. The van der Waals surface area contributed by atoms with Crippen LogP contribution in [0.5, 0.6) is 5.75 Å². The average Bonchev–Trinajstić information content (AvgIpc) is 3.11. The maximum absolute atomic E-state index is 10.9. The van der Waals surface area contributed by atoms with Crippen LogP contribution in [0.1, 0.15) is 10.4 Å². The number of carbonyl (C=O) groups is 1. The number of carboxylic acids is 1. The zero-order valence-electron chi connectivity index (χ0n) is 12.5. The van der Waals surface area contributed by atoms with Gasteiger partial charge in [-0.25, -0.2) is 4.79 Å². The molecule has 0 aliphatic rings. The number of ether oxygens (including phenoxy) is 1. The molecule has 24 heavy (non-hydrogen) atoms. The first-order chi connectivity index (χ1) is 11.6. The molecule has 0 radical (unpaired) electrons. The topological polar surface area (TPSA) is 115 Å². The standard InChI is InChI=1S/C16H11N3O5/c1-23-13-8-11(6-7-12(13)19-22)15-18-17-14(24-15)9-2-4-10(5-3-9)16(20)21/h2-8H,1H3,(H,20,21). The molecule has 0 saturated heterocycles. The summed E-state index contributed by atoms with van der Waals surface area (Å²) in [5.41, 5.74) is 1.50. The molecule has 1 aromatic heterocycles. The first-order valence-corrected chi connectivity index (χ1v) is 6.81. The molecular formula is C16H11N3O5. The summed E-state index contributed by atoms with van der Waals surface area (Å²) in [7, 11) is 1.43. The second-order valence-corrected chi connectivity index (χ2v) is 4.77. The summed E-state index contributed by atoms with van der Waals surface area (Å²) in [6, 6.07) is 10.8. The Hall–Kier alpha value is -3.55. The molecule has 0 aliphatic heterocycles. The fourth-order valence-electron chi connectivity index (χ4n) is 2.10. The Labute approximate surface area is 135 Å². The molecule has 0 fully saturated rings. The van der Waals surface area contributed by atoms with E-state index in [2.05, 4.69) is 15.4 Å². The summed E-state index contributed by atoms with van der Waals surface area (Å²) in [6.45, 7) is 0. The minimum atomic E-state index is -1.01. The van der Waals surface area contributed by atoms with Crippen molar-refractivity contribution in [2.75, 3.05) is 7.11 Å². The summed E-state index contributed by atoms with van der Waals surface area (Å²) in [5.74, 6) is -0.224. The molecule has 0 spiro atoms. The summed E-state index contributed by atoms with van der Waals surface area (Å²) in [5, 5.41) is 19.7. The van der Waals surface area contributed by atoms with Crippen LogP contribution >= 0.6 is 0 Å². The van der Waals surface area contributed by atoms with Gasteiger partial charge < -0.3 is 14.3 Å². The molecule has 0 bridgehead atoms. The number of nitrogens with zero attached hydrogens (tertiary/aromatic N) is 3. The summed E-state index contributed by atoms with van der Waals surface area (Å²) in [4.78, 5) is 21.5. The monoisotopic (exact) mass is 325 g/mol. The van der Waals surface area contributed by atoms with Gasteiger partial charge >= 0.3 is 5.97 Å². The number of rotatable bonds is 5. The molecular weight excluding hydrogens is 314 g/mol. The van der Waals surface area contributed by atoms with Gasteiger partial charge in [-0.05, 0) is 47.6 Å². The van der Waals surface area contributed by atoms with Gasteiger partial charge in [-0.15, -0.1) is 15.1 Å². The van der Waals surface area contributed by atoms with Crippen LogP contribution in [-0.4, -0.2) is 28.4 Å². The van der Waals surface area contributed by atoms with Crippen LogP contribution in [0.4, 0.5) is 5.69 Å². The van der Waals surface area contributed by atoms with E-state index in [1.807, 2.05) is 0 Å². The highest BCUT2D eigenvalue weighted by Crippen LogP contribution is 2.33. The highest BCUT2D eigenvalue weighted by atomic mass is 16.5. The van der Waals surface area contributed by atoms with Crippen molar-refractivity contribution in [3.8, 4) is 28.7 Å². The van der Waals surface area contributed by atoms with Crippen molar-refractivity contribution < 1.29 is 19.1 Å². The normalized spacial score (nSPS) is 10.4. The van der Waals surface area contributed by atoms with Crippen molar-refractivity contribution in [2.45, 2.75) is 0 Å². The Morgan fingerprint density at radius 1 is 1.08 bits per heavy atom. The molecule has 3 aromatic rings. The first-order valence-electron chi connectivity index (χ1n) is 6.81. The molecule has 1 N–H and O–H groups in total. The predicted molar refractivity (Wildman–Crippen MR) is 84.1 cm³/mol. The number of methoxy groups -OCH3 is 1. The maximum atomic E-state index is 10.9. The van der Waals surface area contributed by atoms with Crippen LogP contribution in [0.2, 0.25) is 0 Å². The molecule has 0 unspecified atom stereocenters. The van der Waals surface area contributed by atoms with E-state index in [1.165, 1.54) is 25.3 Å². The lowest BCUT2D eigenvalue weighted by Gasteiger charge is -2.03. The Balaban J connectivity index is 1.93. The number of nitroso groups, excluding NO2 is 1. The zero-order chi connectivity index (χ0) is 17.1. The number of benzene rings is 2. The van der Waals surface area contributed by atoms with Gasteiger partial charge in [-0.1, -0.05) is 0 Å². The molecule has 1 heterocycles. The van der Waals surface area contributed by atoms with E-state index in [0.717, 1.165) is 0 Å². The smallest absolute Gasteiger partial charge is 0.335 e. The third-order valence-corrected chi connectivity index (χ3v) is 3.33. The predicted octanol–water partition coefficient (Wildman–Crippen LogP) is 3.51. The van der Waals surface area contributed by atoms with E-state index >= 15 is 0 Å². The Morgan fingerprint density at radius 2 is 1.71 bits per heavy atom. The van der Waals surface area contributed by atoms with Crippen LogP contribution in [0.3, 0.4) is 0 Å². The molecule has 8 nitrogen and oxygen atoms in total. The van der Waals surface area contributed by atoms with Gasteiger partial charge in [0.15, 0.2) is 0 Å². The highest BCUT2D eigenvalue weighted by Gasteiger charge is 2.14. The Bertz CT molecular complexity index is 902. The van der Waals surface area contributed by atoms with Gasteiger partial charge in [0.25, 0.3) is 0 Å². The SMILES string of the molecule is COc1cc(-c2nnc(-c3ccc(C(=O)O)cc3)o2)ccc1N=O. The van der Waals surface area contributed by atoms with E-state index in [9.17, 15) is 9.70 Å². The van der Waals surface area contributed by atoms with Crippen LogP contribution in [0.15, 0.2) is 52.1 Å². The van der Waals surface area contributed by atoms with Crippen molar-refractivity contribution in [3.63, 3.8) is 0 Å². The van der Waals surface area contributed by atoms with Gasteiger partial charge in [0, 0.05) is 11.1 Å². The molecule has 8 heteroatoms. The van der Waals surface area contributed by atoms with Crippen molar-refractivity contribution in [1.82, 2.24) is 10.2 Å². The largest absolute Gasteiger partial charge is 0.494 e. The average molecular weight is 325 g/mol. The minimum absolute atomic E-state index is 0.167. The van der Waals surface area contributed by atoms with Crippen molar-refractivity contribution in [2.24, 2.45) is 5.18 Å². The number of hydrogen-bond donors (Lipinski definition) is 1. The quantitative estimate of drug-likeness (QED) is 0.714. The van der Waals surface area contributed by atoms with Crippen LogP contribution in [0.25, 0.3) is 22.9 Å². The number of hydrogen-bond acceptors (Lipinski definition) is 7. The third kappa shape index (κ3) is 2.84. The number of aromatic carboxylic acids is 1. The van der Waals surface area contributed by atoms with Crippen molar-refractivity contribution in [3.05, 3.63) is 52.9 Å². The van der Waals surface area contributed by atoms with Crippen LogP contribution < -0.4 is 4.74 Å². The van der Waals surface area contributed by atoms with Crippen LogP contribution in [0, 0.1) is 4.91 Å². The fourth-order valence-corrected chi connectivity index (χ4v) is 2.10. The molecule has 3 rings (SSSR count). The van der Waals surface area contributed by atoms with Gasteiger partial charge in [-0.2, -0.15) is 0 Å². The van der Waals surface area contributed by atoms with E-state index in [-0.39, 0.29) is 23.0 Å². The second kappa shape index (κ2) is 6.29. The number of carboxylic acid groups (broad SMARTS) is 1. The zero-order valence-corrected chi connectivity index (χ0v) is 12.5. The summed E-state index contributed by atoms with van der Waals surface area (Å²) in [6.07, 6.45) is 0. The second-order valence-electron chi connectivity index (χ2n) is 4.77. The lowest BCUT2D eigenvalue weighted by Crippen LogP contribution is -1.94. The van der Waals surface area contributed by atoms with Crippen molar-refractivity contribution >= 4 is 11.7 Å². The minimum Gasteiger partial charge on any atom is -0.494 e. The first kappa shape index (κ1) is 15.3. The molecule has 0 saturated carbocycles. The maximum Gasteiger partial charge on any atom is 0.335 e. The molecule has 120 valence electrons. The van der Waals surface area contributed by atoms with E-state index in [0.29, 0.717) is 16.9 Å². The van der Waals surface area contributed by atoms with E-state index in [4.69, 9.17) is 14.3 Å². The molecule has 0 amide bonds. The van der Waals surface area contributed by atoms with Gasteiger partial charge in [0.2, 0.25) is 11.8 Å². The third-order valence-electron chi connectivity index (χ3n) is 3.33. The van der Waals surface area contributed by atoms with E-state index < -0.39 is 5.97 Å². The van der Waals surface area contributed by atoms with Gasteiger partial charge in [0.1, 0.15) is 11.4 Å².